The normalized spacial score (nSPS) is 15.7. The number of nitrogens with two attached hydrogens (primary N) is 1. The van der Waals surface area contributed by atoms with Crippen LogP contribution >= 0.6 is 0 Å². The van der Waals surface area contributed by atoms with Gasteiger partial charge in [0.15, 0.2) is 11.2 Å². The first-order chi connectivity index (χ1) is 13.6. The van der Waals surface area contributed by atoms with E-state index in [4.69, 9.17) is 15.5 Å². The number of nitrogen functional groups attached to an aromatic ring is 1. The third-order valence-electron chi connectivity index (χ3n) is 4.92. The molecule has 0 aliphatic heterocycles. The van der Waals surface area contributed by atoms with E-state index in [2.05, 4.69) is 19.9 Å². The van der Waals surface area contributed by atoms with E-state index in [0.717, 1.165) is 29.9 Å². The molecule has 28 heavy (non-hydrogen) atoms. The van der Waals surface area contributed by atoms with Gasteiger partial charge in [-0.2, -0.15) is 9.97 Å². The van der Waals surface area contributed by atoms with Crippen molar-refractivity contribution in [1.29, 1.82) is 0 Å². The molecule has 1 aliphatic rings. The van der Waals surface area contributed by atoms with Crippen molar-refractivity contribution in [2.24, 2.45) is 4.99 Å². The molecule has 2 N–H and O–H groups in total. The van der Waals surface area contributed by atoms with Crippen molar-refractivity contribution >= 4 is 28.5 Å². The summed E-state index contributed by atoms with van der Waals surface area (Å²) >= 11 is 0. The number of rotatable bonds is 4. The minimum atomic E-state index is 0.136. The summed E-state index contributed by atoms with van der Waals surface area (Å²) in [5.74, 6) is 0.560. The topological polar surface area (TPSA) is 99.2 Å². The second kappa shape index (κ2) is 7.88. The van der Waals surface area contributed by atoms with Gasteiger partial charge in [-0.1, -0.05) is 24.6 Å². The van der Waals surface area contributed by atoms with Crippen LogP contribution in [0.2, 0.25) is 0 Å². The quantitative estimate of drug-likeness (QED) is 0.686. The number of aryl methyl sites for hydroxylation is 1. The molecule has 2 heterocycles. The second-order valence-corrected chi connectivity index (χ2v) is 7.13. The van der Waals surface area contributed by atoms with Crippen LogP contribution in [0.4, 0.5) is 11.6 Å². The molecule has 4 rings (SSSR count). The molecule has 0 atom stereocenters. The predicted octanol–water partition coefficient (Wildman–Crippen LogP) is 4.16. The lowest BCUT2D eigenvalue weighted by molar-refractivity contribution is 0.150. The fourth-order valence-corrected chi connectivity index (χ4v) is 3.53. The first-order valence-electron chi connectivity index (χ1n) is 9.69. The third-order valence-corrected chi connectivity index (χ3v) is 4.92. The second-order valence-electron chi connectivity index (χ2n) is 7.13. The van der Waals surface area contributed by atoms with Crippen LogP contribution in [0.1, 0.15) is 50.4 Å². The van der Waals surface area contributed by atoms with Gasteiger partial charge in [0.1, 0.15) is 11.8 Å². The summed E-state index contributed by atoms with van der Waals surface area (Å²) in [6.07, 6.45) is 5.77. The van der Waals surface area contributed by atoms with Crippen molar-refractivity contribution in [3.63, 3.8) is 0 Å². The van der Waals surface area contributed by atoms with Gasteiger partial charge in [-0.3, -0.25) is 4.99 Å². The van der Waals surface area contributed by atoms with Gasteiger partial charge in [-0.15, -0.1) is 0 Å². The molecule has 0 saturated heterocycles. The number of nitrogens with zero attached hydrogens (tertiary/aromatic N) is 5. The summed E-state index contributed by atoms with van der Waals surface area (Å²) in [5.41, 5.74) is 9.96. The Balaban J connectivity index is 1.76. The van der Waals surface area contributed by atoms with E-state index in [1.807, 2.05) is 44.2 Å². The Labute approximate surface area is 164 Å². The summed E-state index contributed by atoms with van der Waals surface area (Å²) in [6, 6.07) is 9.78. The molecule has 1 aliphatic carbocycles. The van der Waals surface area contributed by atoms with E-state index in [-0.39, 0.29) is 12.1 Å². The van der Waals surface area contributed by atoms with Crippen LogP contribution in [0.25, 0.3) is 11.2 Å². The van der Waals surface area contributed by atoms with Gasteiger partial charge in [0.25, 0.3) is 0 Å². The largest absolute Gasteiger partial charge is 0.473 e. The van der Waals surface area contributed by atoms with Gasteiger partial charge < -0.3 is 10.5 Å². The Bertz CT molecular complexity index is 1010. The number of fused-ring (bicyclic) bond motifs is 1. The number of anilines is 1. The lowest BCUT2D eigenvalue weighted by Crippen LogP contribution is -2.21. The van der Waals surface area contributed by atoms with Crippen LogP contribution < -0.4 is 10.5 Å². The number of ether oxygens (including phenoxy) is 1. The maximum atomic E-state index is 6.17. The smallest absolute Gasteiger partial charge is 0.247 e. The number of hydrogen-bond donors (Lipinski definition) is 1. The highest BCUT2D eigenvalue weighted by Crippen LogP contribution is 2.27. The molecular weight excluding hydrogens is 352 g/mol. The van der Waals surface area contributed by atoms with E-state index in [1.165, 1.54) is 19.3 Å². The number of benzene rings is 1. The highest BCUT2D eigenvalue weighted by molar-refractivity contribution is 6.00. The fraction of sp³-hybridized carbons (Fsp3) is 0.381. The fourth-order valence-electron chi connectivity index (χ4n) is 3.53. The van der Waals surface area contributed by atoms with Crippen LogP contribution in [-0.2, 0) is 0 Å². The van der Waals surface area contributed by atoms with Gasteiger partial charge in [0.05, 0.1) is 17.1 Å². The molecule has 0 amide bonds. The molecule has 0 bridgehead atoms. The van der Waals surface area contributed by atoms with Crippen LogP contribution in [0.3, 0.4) is 0 Å². The maximum Gasteiger partial charge on any atom is 0.247 e. The molecular formula is C21H24N6O. The van der Waals surface area contributed by atoms with Crippen molar-refractivity contribution in [2.45, 2.75) is 52.1 Å². The van der Waals surface area contributed by atoms with E-state index in [9.17, 15) is 0 Å². The predicted molar refractivity (Wildman–Crippen MR) is 110 cm³/mol. The Hall–Kier alpha value is -3.09. The Morgan fingerprint density at radius 3 is 2.54 bits per heavy atom. The van der Waals surface area contributed by atoms with E-state index >= 15 is 0 Å². The third kappa shape index (κ3) is 3.93. The monoisotopic (exact) mass is 376 g/mol. The summed E-state index contributed by atoms with van der Waals surface area (Å²) < 4.78 is 6.17. The number of para-hydroxylation sites is 1. The molecule has 1 aromatic carbocycles. The maximum absolute atomic E-state index is 6.17. The molecule has 7 nitrogen and oxygen atoms in total. The Kier molecular flexibility index (Phi) is 5.14. The lowest BCUT2D eigenvalue weighted by Gasteiger charge is -2.22. The summed E-state index contributed by atoms with van der Waals surface area (Å²) in [4.78, 5) is 22.6. The summed E-state index contributed by atoms with van der Waals surface area (Å²) in [6.45, 7) is 3.82. The first kappa shape index (κ1) is 18.3. The average Bonchev–Trinajstić information content (AvgIpc) is 2.69. The highest BCUT2D eigenvalue weighted by Gasteiger charge is 2.20. The van der Waals surface area contributed by atoms with Crippen molar-refractivity contribution < 1.29 is 4.74 Å². The van der Waals surface area contributed by atoms with Crippen molar-refractivity contribution in [2.75, 3.05) is 5.73 Å². The number of aliphatic imine (C=N–C) groups is 1. The molecule has 1 saturated carbocycles. The van der Waals surface area contributed by atoms with Gasteiger partial charge in [-0.25, -0.2) is 9.97 Å². The van der Waals surface area contributed by atoms with Gasteiger partial charge in [0.2, 0.25) is 11.8 Å². The Morgan fingerprint density at radius 2 is 1.79 bits per heavy atom. The minimum absolute atomic E-state index is 0.136. The van der Waals surface area contributed by atoms with Gasteiger partial charge in [-0.05, 0) is 51.7 Å². The zero-order valence-corrected chi connectivity index (χ0v) is 16.2. The molecule has 0 unspecified atom stereocenters. The van der Waals surface area contributed by atoms with E-state index < -0.39 is 0 Å². The standard InChI is InChI=1S/C21H24N6O/c1-13(23-15-9-5-3-6-10-15)17-14(2)24-19-18(25-17)20(27-21(22)26-19)28-16-11-7-4-8-12-16/h3,5-6,9-10,16H,4,7-8,11-12H2,1-2H3,(H2,22,24,26,27). The van der Waals surface area contributed by atoms with Crippen LogP contribution in [0.5, 0.6) is 5.88 Å². The Morgan fingerprint density at radius 1 is 1.04 bits per heavy atom. The first-order valence-corrected chi connectivity index (χ1v) is 9.69. The summed E-state index contributed by atoms with van der Waals surface area (Å²) in [7, 11) is 0. The molecule has 1 fully saturated rings. The summed E-state index contributed by atoms with van der Waals surface area (Å²) in [5, 5.41) is 0. The zero-order valence-electron chi connectivity index (χ0n) is 16.2. The van der Waals surface area contributed by atoms with E-state index in [0.29, 0.717) is 22.7 Å². The van der Waals surface area contributed by atoms with Crippen molar-refractivity contribution in [3.8, 4) is 5.88 Å². The minimum Gasteiger partial charge on any atom is -0.473 e. The average molecular weight is 376 g/mol. The molecule has 0 spiro atoms. The molecule has 144 valence electrons. The van der Waals surface area contributed by atoms with Crippen LogP contribution in [-0.4, -0.2) is 31.8 Å². The lowest BCUT2D eigenvalue weighted by atomic mass is 9.98. The van der Waals surface area contributed by atoms with E-state index in [1.54, 1.807) is 0 Å². The number of hydrogen-bond acceptors (Lipinski definition) is 7. The SMILES string of the molecule is CC(=Nc1ccccc1)c1nc2c(OC3CCCCC3)nc(N)nc2nc1C. The molecule has 3 aromatic rings. The van der Waals surface area contributed by atoms with Crippen molar-refractivity contribution in [3.05, 3.63) is 41.7 Å². The van der Waals surface area contributed by atoms with Gasteiger partial charge >= 0.3 is 0 Å². The van der Waals surface area contributed by atoms with Crippen LogP contribution in [0.15, 0.2) is 35.3 Å². The molecule has 0 radical (unpaired) electrons. The van der Waals surface area contributed by atoms with Crippen LogP contribution in [0, 0.1) is 6.92 Å². The zero-order chi connectivity index (χ0) is 19.5. The highest BCUT2D eigenvalue weighted by atomic mass is 16.5. The number of aromatic nitrogens is 4. The molecule has 7 heteroatoms. The molecule has 2 aromatic heterocycles. The van der Waals surface area contributed by atoms with Crippen molar-refractivity contribution in [1.82, 2.24) is 19.9 Å². The van der Waals surface area contributed by atoms with Gasteiger partial charge in [0, 0.05) is 0 Å².